The fourth-order valence-corrected chi connectivity index (χ4v) is 3.98. The van der Waals surface area contributed by atoms with Crippen molar-refractivity contribution < 1.29 is 17.9 Å². The number of halogens is 1. The first-order chi connectivity index (χ1) is 14.0. The molecule has 0 saturated heterocycles. The van der Waals surface area contributed by atoms with Crippen LogP contribution in [0.15, 0.2) is 57.0 Å². The molecule has 0 radical (unpaired) electrons. The summed E-state index contributed by atoms with van der Waals surface area (Å²) in [6.45, 7) is 10.7. The normalized spacial score (nSPS) is 14.5. The molecule has 0 aliphatic rings. The number of benzene rings is 1. The zero-order valence-corrected chi connectivity index (χ0v) is 22.0. The van der Waals surface area contributed by atoms with Crippen LogP contribution in [0.25, 0.3) is 0 Å². The molecule has 0 fully saturated rings. The SMILES string of the molecule is CCNC(=NCC(C)(O)c1ccco1)NCCS(=O)(=O)c1ccc(C(C)(C)C)cc1.I. The van der Waals surface area contributed by atoms with Gasteiger partial charge in [-0.1, -0.05) is 32.9 Å². The van der Waals surface area contributed by atoms with Gasteiger partial charge in [0.15, 0.2) is 15.8 Å². The minimum atomic E-state index is -3.42. The monoisotopic (exact) mass is 563 g/mol. The van der Waals surface area contributed by atoms with E-state index in [1.54, 1.807) is 31.2 Å². The maximum absolute atomic E-state index is 12.7. The summed E-state index contributed by atoms with van der Waals surface area (Å²) < 4.78 is 30.6. The van der Waals surface area contributed by atoms with E-state index in [4.69, 9.17) is 4.42 Å². The number of aliphatic hydroxyl groups is 1. The second-order valence-electron chi connectivity index (χ2n) is 8.47. The van der Waals surface area contributed by atoms with Crippen LogP contribution in [0.1, 0.15) is 45.9 Å². The summed E-state index contributed by atoms with van der Waals surface area (Å²) in [6.07, 6.45) is 1.50. The van der Waals surface area contributed by atoms with E-state index in [0.717, 1.165) is 5.56 Å². The minimum Gasteiger partial charge on any atom is -0.466 e. The Morgan fingerprint density at radius 2 is 1.74 bits per heavy atom. The van der Waals surface area contributed by atoms with E-state index < -0.39 is 15.4 Å². The molecule has 2 rings (SSSR count). The van der Waals surface area contributed by atoms with Gasteiger partial charge in [-0.25, -0.2) is 13.4 Å². The summed E-state index contributed by atoms with van der Waals surface area (Å²) in [7, 11) is -3.42. The lowest BCUT2D eigenvalue weighted by molar-refractivity contribution is 0.0437. The van der Waals surface area contributed by atoms with Gasteiger partial charge in [0.05, 0.1) is 23.5 Å². The number of guanidine groups is 1. The van der Waals surface area contributed by atoms with Crippen molar-refractivity contribution in [2.45, 2.75) is 50.5 Å². The first-order valence-electron chi connectivity index (χ1n) is 10.1. The third-order valence-corrected chi connectivity index (χ3v) is 6.42. The van der Waals surface area contributed by atoms with Gasteiger partial charge in [0, 0.05) is 13.1 Å². The molecule has 0 aliphatic heterocycles. The average molecular weight is 564 g/mol. The van der Waals surface area contributed by atoms with Crippen LogP contribution in [-0.4, -0.2) is 44.9 Å². The molecule has 0 spiro atoms. The van der Waals surface area contributed by atoms with E-state index >= 15 is 0 Å². The van der Waals surface area contributed by atoms with Gasteiger partial charge in [0.25, 0.3) is 0 Å². The molecule has 1 atom stereocenters. The summed E-state index contributed by atoms with van der Waals surface area (Å²) in [5.41, 5.74) is -0.199. The predicted molar refractivity (Wildman–Crippen MR) is 135 cm³/mol. The van der Waals surface area contributed by atoms with Crippen LogP contribution in [0.4, 0.5) is 0 Å². The summed E-state index contributed by atoms with van der Waals surface area (Å²) >= 11 is 0. The summed E-state index contributed by atoms with van der Waals surface area (Å²) in [5.74, 6) is 0.784. The van der Waals surface area contributed by atoms with E-state index in [0.29, 0.717) is 23.2 Å². The fourth-order valence-electron chi connectivity index (χ4n) is 2.82. The van der Waals surface area contributed by atoms with Crippen LogP contribution in [0.3, 0.4) is 0 Å². The number of sulfone groups is 1. The molecule has 1 heterocycles. The zero-order valence-electron chi connectivity index (χ0n) is 18.8. The number of nitrogens with zero attached hydrogens (tertiary/aromatic N) is 1. The summed E-state index contributed by atoms with van der Waals surface area (Å²) in [4.78, 5) is 4.67. The molecule has 0 bridgehead atoms. The number of hydrogen-bond donors (Lipinski definition) is 3. The number of aliphatic imine (C=N–C) groups is 1. The van der Waals surface area contributed by atoms with Gasteiger partial charge in [0.2, 0.25) is 0 Å². The number of furan rings is 1. The molecule has 0 amide bonds. The molecule has 1 unspecified atom stereocenters. The van der Waals surface area contributed by atoms with E-state index in [-0.39, 0.29) is 48.2 Å². The molecule has 1 aromatic heterocycles. The second kappa shape index (κ2) is 11.3. The minimum absolute atomic E-state index is 0. The Balaban J connectivity index is 0.00000480. The predicted octanol–water partition coefficient (Wildman–Crippen LogP) is 3.43. The van der Waals surface area contributed by atoms with Gasteiger partial charge in [-0.3, -0.25) is 0 Å². The van der Waals surface area contributed by atoms with Crippen LogP contribution in [0, 0.1) is 0 Å². The molecule has 3 N–H and O–H groups in total. The van der Waals surface area contributed by atoms with Crippen LogP contribution in [-0.2, 0) is 20.9 Å². The highest BCUT2D eigenvalue weighted by Gasteiger charge is 2.26. The Bertz CT molecular complexity index is 932. The van der Waals surface area contributed by atoms with Crippen molar-refractivity contribution in [2.24, 2.45) is 4.99 Å². The van der Waals surface area contributed by atoms with Crippen LogP contribution in [0.5, 0.6) is 0 Å². The highest BCUT2D eigenvalue weighted by molar-refractivity contribution is 14.0. The lowest BCUT2D eigenvalue weighted by Crippen LogP contribution is -2.40. The van der Waals surface area contributed by atoms with Gasteiger partial charge in [-0.2, -0.15) is 0 Å². The molecule has 9 heteroatoms. The van der Waals surface area contributed by atoms with Crippen molar-refractivity contribution in [1.82, 2.24) is 10.6 Å². The van der Waals surface area contributed by atoms with Gasteiger partial charge >= 0.3 is 0 Å². The van der Waals surface area contributed by atoms with E-state index in [1.807, 2.05) is 19.1 Å². The lowest BCUT2D eigenvalue weighted by atomic mass is 9.87. The van der Waals surface area contributed by atoms with Gasteiger partial charge in [-0.05, 0) is 49.1 Å². The van der Waals surface area contributed by atoms with Crippen molar-refractivity contribution >= 4 is 39.8 Å². The molecular formula is C22H34IN3O4S. The maximum atomic E-state index is 12.7. The third kappa shape index (κ3) is 8.12. The van der Waals surface area contributed by atoms with E-state index in [9.17, 15) is 13.5 Å². The molecular weight excluding hydrogens is 529 g/mol. The number of nitrogens with one attached hydrogen (secondary N) is 2. The van der Waals surface area contributed by atoms with Crippen molar-refractivity contribution in [1.29, 1.82) is 0 Å². The second-order valence-corrected chi connectivity index (χ2v) is 10.6. The van der Waals surface area contributed by atoms with Crippen LogP contribution < -0.4 is 10.6 Å². The summed E-state index contributed by atoms with van der Waals surface area (Å²) in [5, 5.41) is 16.6. The van der Waals surface area contributed by atoms with E-state index in [1.165, 1.54) is 6.26 Å². The Morgan fingerprint density at radius 3 is 2.26 bits per heavy atom. The van der Waals surface area contributed by atoms with Gasteiger partial charge in [0.1, 0.15) is 11.4 Å². The molecule has 7 nitrogen and oxygen atoms in total. The smallest absolute Gasteiger partial charge is 0.191 e. The quantitative estimate of drug-likeness (QED) is 0.259. The third-order valence-electron chi connectivity index (χ3n) is 4.68. The number of rotatable bonds is 8. The Hall–Kier alpha value is -1.59. The van der Waals surface area contributed by atoms with Crippen molar-refractivity contribution in [3.8, 4) is 0 Å². The van der Waals surface area contributed by atoms with Crippen LogP contribution in [0.2, 0.25) is 0 Å². The molecule has 0 aliphatic carbocycles. The highest BCUT2D eigenvalue weighted by Crippen LogP contribution is 2.24. The standard InChI is InChI=1S/C22H33N3O4S.HI/c1-6-23-20(25-16-22(5,26)19-8-7-14-29-19)24-13-15-30(27,28)18-11-9-17(10-12-18)21(2,3)4;/h7-12,14,26H,6,13,15-16H2,1-5H3,(H2,23,24,25);1H. The summed E-state index contributed by atoms with van der Waals surface area (Å²) in [6, 6.07) is 10.4. The Labute approximate surface area is 202 Å². The van der Waals surface area contributed by atoms with E-state index in [2.05, 4.69) is 36.4 Å². The van der Waals surface area contributed by atoms with Gasteiger partial charge in [-0.15, -0.1) is 24.0 Å². The van der Waals surface area contributed by atoms with Crippen molar-refractivity contribution in [2.75, 3.05) is 25.4 Å². The fraction of sp³-hybridized carbons (Fsp3) is 0.500. The lowest BCUT2D eigenvalue weighted by Gasteiger charge is -2.20. The average Bonchev–Trinajstić information content (AvgIpc) is 3.21. The molecule has 0 saturated carbocycles. The zero-order chi connectivity index (χ0) is 22.4. The first-order valence-corrected chi connectivity index (χ1v) is 11.7. The maximum Gasteiger partial charge on any atom is 0.191 e. The molecule has 1 aromatic carbocycles. The Morgan fingerprint density at radius 1 is 1.10 bits per heavy atom. The Kier molecular flexibility index (Phi) is 10.0. The molecule has 31 heavy (non-hydrogen) atoms. The topological polar surface area (TPSA) is 104 Å². The van der Waals surface area contributed by atoms with Crippen LogP contribution >= 0.6 is 24.0 Å². The molecule has 174 valence electrons. The highest BCUT2D eigenvalue weighted by atomic mass is 127. The largest absolute Gasteiger partial charge is 0.466 e. The first kappa shape index (κ1) is 27.4. The number of hydrogen-bond acceptors (Lipinski definition) is 5. The van der Waals surface area contributed by atoms with Crippen molar-refractivity contribution in [3.63, 3.8) is 0 Å². The van der Waals surface area contributed by atoms with Gasteiger partial charge < -0.3 is 20.2 Å². The molecule has 2 aromatic rings. The van der Waals surface area contributed by atoms with Crippen molar-refractivity contribution in [3.05, 3.63) is 54.0 Å².